The summed E-state index contributed by atoms with van der Waals surface area (Å²) in [6, 6.07) is 6.85. The maximum Gasteiger partial charge on any atom is 0.377 e. The molecule has 0 radical (unpaired) electrons. The molecule has 1 aromatic rings. The third-order valence-electron chi connectivity index (χ3n) is 2.77. The van der Waals surface area contributed by atoms with E-state index in [2.05, 4.69) is 0 Å². The summed E-state index contributed by atoms with van der Waals surface area (Å²) in [5.74, 6) is -2.12. The number of carbonyl (C=O) groups is 2. The van der Waals surface area contributed by atoms with E-state index in [1.165, 1.54) is 0 Å². The van der Waals surface area contributed by atoms with Gasteiger partial charge in [0.25, 0.3) is 5.78 Å². The highest BCUT2D eigenvalue weighted by molar-refractivity contribution is 6.40. The molecule has 2 rings (SSSR count). The Bertz CT molecular complexity index is 419. The molecule has 0 amide bonds. The third-order valence-corrected chi connectivity index (χ3v) is 2.77. The molecule has 0 spiro atoms. The minimum absolute atomic E-state index is 0.138. The Morgan fingerprint density at radius 1 is 1.31 bits per heavy atom. The first-order chi connectivity index (χ1) is 7.70. The van der Waals surface area contributed by atoms with Crippen LogP contribution in [0.4, 0.5) is 0 Å². The molecule has 1 atom stereocenters. The van der Waals surface area contributed by atoms with Gasteiger partial charge in [0.05, 0.1) is 6.61 Å². The second kappa shape index (κ2) is 4.45. The SMILES string of the molecule is O=C(O)C(=O)c1ccccc1C1CCOC1. The highest BCUT2D eigenvalue weighted by atomic mass is 16.5. The van der Waals surface area contributed by atoms with Crippen molar-refractivity contribution in [1.29, 1.82) is 0 Å². The fourth-order valence-corrected chi connectivity index (χ4v) is 1.95. The summed E-state index contributed by atoms with van der Waals surface area (Å²) >= 11 is 0. The molecule has 16 heavy (non-hydrogen) atoms. The Morgan fingerprint density at radius 2 is 2.06 bits per heavy atom. The fraction of sp³-hybridized carbons (Fsp3) is 0.333. The van der Waals surface area contributed by atoms with Gasteiger partial charge in [0.1, 0.15) is 0 Å². The molecule has 1 aromatic carbocycles. The minimum atomic E-state index is -1.41. The van der Waals surface area contributed by atoms with Crippen molar-refractivity contribution in [2.75, 3.05) is 13.2 Å². The number of aliphatic carboxylic acids is 1. The van der Waals surface area contributed by atoms with Gasteiger partial charge in [-0.1, -0.05) is 24.3 Å². The standard InChI is InChI=1S/C12H12O4/c13-11(12(14)15)10-4-2-1-3-9(10)8-5-6-16-7-8/h1-4,8H,5-7H2,(H,14,15). The number of hydrogen-bond acceptors (Lipinski definition) is 3. The molecule has 0 saturated carbocycles. The van der Waals surface area contributed by atoms with Crippen molar-refractivity contribution in [3.05, 3.63) is 35.4 Å². The molecule has 84 valence electrons. The average molecular weight is 220 g/mol. The molecule has 1 fully saturated rings. The highest BCUT2D eigenvalue weighted by Crippen LogP contribution is 2.28. The van der Waals surface area contributed by atoms with E-state index in [1.54, 1.807) is 18.2 Å². The van der Waals surface area contributed by atoms with Gasteiger partial charge in [-0.2, -0.15) is 0 Å². The summed E-state index contributed by atoms with van der Waals surface area (Å²) in [4.78, 5) is 22.2. The van der Waals surface area contributed by atoms with E-state index in [1.807, 2.05) is 6.07 Å². The quantitative estimate of drug-likeness (QED) is 0.618. The van der Waals surface area contributed by atoms with Gasteiger partial charge >= 0.3 is 5.97 Å². The highest BCUT2D eigenvalue weighted by Gasteiger charge is 2.25. The fourth-order valence-electron chi connectivity index (χ4n) is 1.95. The van der Waals surface area contributed by atoms with Crippen LogP contribution in [-0.4, -0.2) is 30.1 Å². The van der Waals surface area contributed by atoms with Gasteiger partial charge in [-0.05, 0) is 12.0 Å². The Balaban J connectivity index is 2.37. The van der Waals surface area contributed by atoms with Gasteiger partial charge in [0, 0.05) is 18.1 Å². The zero-order valence-corrected chi connectivity index (χ0v) is 8.68. The van der Waals surface area contributed by atoms with Crippen molar-refractivity contribution in [2.24, 2.45) is 0 Å². The smallest absolute Gasteiger partial charge is 0.377 e. The number of carbonyl (C=O) groups excluding carboxylic acids is 1. The van der Waals surface area contributed by atoms with Crippen molar-refractivity contribution in [3.8, 4) is 0 Å². The Labute approximate surface area is 92.8 Å². The first-order valence-electron chi connectivity index (χ1n) is 5.14. The second-order valence-corrected chi connectivity index (χ2v) is 3.78. The average Bonchev–Trinajstić information content (AvgIpc) is 2.81. The summed E-state index contributed by atoms with van der Waals surface area (Å²) in [5.41, 5.74) is 1.07. The Morgan fingerprint density at radius 3 is 2.69 bits per heavy atom. The van der Waals surface area contributed by atoms with Crippen LogP contribution in [0.3, 0.4) is 0 Å². The van der Waals surface area contributed by atoms with E-state index in [0.29, 0.717) is 13.2 Å². The molecule has 4 nitrogen and oxygen atoms in total. The number of hydrogen-bond donors (Lipinski definition) is 1. The molecule has 1 unspecified atom stereocenters. The van der Waals surface area contributed by atoms with Gasteiger partial charge in [0.15, 0.2) is 0 Å². The molecule has 1 aliphatic rings. The molecular weight excluding hydrogens is 208 g/mol. The second-order valence-electron chi connectivity index (χ2n) is 3.78. The number of carboxylic acids is 1. The summed E-state index contributed by atoms with van der Waals surface area (Å²) in [5, 5.41) is 8.72. The predicted octanol–water partition coefficient (Wildman–Crippen LogP) is 1.46. The van der Waals surface area contributed by atoms with Crippen LogP contribution in [0.25, 0.3) is 0 Å². The topological polar surface area (TPSA) is 63.6 Å². The minimum Gasteiger partial charge on any atom is -0.475 e. The normalized spacial score (nSPS) is 19.6. The van der Waals surface area contributed by atoms with E-state index in [4.69, 9.17) is 9.84 Å². The Kier molecular flexibility index (Phi) is 3.01. The predicted molar refractivity (Wildman–Crippen MR) is 56.6 cm³/mol. The molecule has 4 heteroatoms. The van der Waals surface area contributed by atoms with Crippen LogP contribution in [0.2, 0.25) is 0 Å². The van der Waals surface area contributed by atoms with Crippen molar-refractivity contribution < 1.29 is 19.4 Å². The van der Waals surface area contributed by atoms with Crippen molar-refractivity contribution in [2.45, 2.75) is 12.3 Å². The van der Waals surface area contributed by atoms with Crippen molar-refractivity contribution >= 4 is 11.8 Å². The molecule has 1 saturated heterocycles. The van der Waals surface area contributed by atoms with E-state index in [9.17, 15) is 9.59 Å². The molecule has 0 aliphatic carbocycles. The largest absolute Gasteiger partial charge is 0.475 e. The molecule has 0 bridgehead atoms. The summed E-state index contributed by atoms with van der Waals surface area (Å²) in [6.45, 7) is 1.23. The molecular formula is C12H12O4. The van der Waals surface area contributed by atoms with Crippen LogP contribution in [0.5, 0.6) is 0 Å². The molecule has 1 heterocycles. The number of ketones is 1. The number of benzene rings is 1. The van der Waals surface area contributed by atoms with Crippen LogP contribution in [0.1, 0.15) is 28.3 Å². The van der Waals surface area contributed by atoms with Crippen LogP contribution >= 0.6 is 0 Å². The lowest BCUT2D eigenvalue weighted by molar-refractivity contribution is -0.131. The van der Waals surface area contributed by atoms with E-state index >= 15 is 0 Å². The van der Waals surface area contributed by atoms with Crippen LogP contribution in [-0.2, 0) is 9.53 Å². The molecule has 0 aromatic heterocycles. The van der Waals surface area contributed by atoms with Gasteiger partial charge in [-0.25, -0.2) is 4.79 Å². The first kappa shape index (κ1) is 10.8. The van der Waals surface area contributed by atoms with Crippen molar-refractivity contribution in [3.63, 3.8) is 0 Å². The zero-order chi connectivity index (χ0) is 11.5. The van der Waals surface area contributed by atoms with E-state index in [-0.39, 0.29) is 11.5 Å². The summed E-state index contributed by atoms with van der Waals surface area (Å²) < 4.78 is 5.25. The maximum atomic E-state index is 11.5. The zero-order valence-electron chi connectivity index (χ0n) is 8.68. The van der Waals surface area contributed by atoms with Crippen molar-refractivity contribution in [1.82, 2.24) is 0 Å². The third kappa shape index (κ3) is 1.97. The number of carboxylic acid groups (broad SMARTS) is 1. The maximum absolute atomic E-state index is 11.5. The number of Topliss-reactive ketones (excluding diaryl/α,β-unsaturated/α-hetero) is 1. The van der Waals surface area contributed by atoms with Crippen LogP contribution in [0, 0.1) is 0 Å². The lowest BCUT2D eigenvalue weighted by Crippen LogP contribution is -2.16. The number of rotatable bonds is 3. The van der Waals surface area contributed by atoms with E-state index < -0.39 is 11.8 Å². The summed E-state index contributed by atoms with van der Waals surface area (Å²) in [6.07, 6.45) is 0.837. The lowest BCUT2D eigenvalue weighted by Gasteiger charge is -2.11. The first-order valence-corrected chi connectivity index (χ1v) is 5.14. The lowest BCUT2D eigenvalue weighted by atomic mass is 9.92. The van der Waals surface area contributed by atoms with Crippen LogP contribution < -0.4 is 0 Å². The van der Waals surface area contributed by atoms with E-state index in [0.717, 1.165) is 12.0 Å². The molecule has 1 aliphatic heterocycles. The van der Waals surface area contributed by atoms with Gasteiger partial charge in [-0.15, -0.1) is 0 Å². The van der Waals surface area contributed by atoms with Gasteiger partial charge in [-0.3, -0.25) is 4.79 Å². The van der Waals surface area contributed by atoms with Gasteiger partial charge < -0.3 is 9.84 Å². The monoisotopic (exact) mass is 220 g/mol. The molecule has 1 N–H and O–H groups in total. The van der Waals surface area contributed by atoms with Crippen LogP contribution in [0.15, 0.2) is 24.3 Å². The summed E-state index contributed by atoms with van der Waals surface area (Å²) in [7, 11) is 0. The Hall–Kier alpha value is -1.68. The van der Waals surface area contributed by atoms with Gasteiger partial charge in [0.2, 0.25) is 0 Å². The number of ether oxygens (including phenoxy) is 1.